The number of hydrogen-bond donors (Lipinski definition) is 2. The van der Waals surface area contributed by atoms with Crippen molar-refractivity contribution >= 4 is 23.6 Å². The second-order valence-electron chi connectivity index (χ2n) is 7.69. The first-order valence-corrected chi connectivity index (χ1v) is 11.5. The fourth-order valence-corrected chi connectivity index (χ4v) is 4.46. The first-order chi connectivity index (χ1) is 15.0. The summed E-state index contributed by atoms with van der Waals surface area (Å²) in [6.45, 7) is 6.45. The van der Waals surface area contributed by atoms with Crippen molar-refractivity contribution in [3.63, 3.8) is 0 Å². The highest BCUT2D eigenvalue weighted by molar-refractivity contribution is 7.99. The maximum absolute atomic E-state index is 13.8. The normalized spacial score (nSPS) is 18.4. The van der Waals surface area contributed by atoms with Gasteiger partial charge in [0.2, 0.25) is 5.91 Å². The van der Waals surface area contributed by atoms with Crippen LogP contribution in [-0.2, 0) is 17.9 Å². The molecule has 2 aromatic rings. The quantitative estimate of drug-likeness (QED) is 0.457. The molecule has 0 spiro atoms. The van der Waals surface area contributed by atoms with Crippen molar-refractivity contribution in [3.8, 4) is 0 Å². The van der Waals surface area contributed by atoms with Gasteiger partial charge in [0, 0.05) is 12.6 Å². The van der Waals surface area contributed by atoms with E-state index < -0.39 is 11.7 Å². The number of nitrogens with zero attached hydrogens (tertiary/aromatic N) is 3. The summed E-state index contributed by atoms with van der Waals surface area (Å²) in [5, 5.41) is 14.7. The second kappa shape index (κ2) is 11.1. The summed E-state index contributed by atoms with van der Waals surface area (Å²) in [5.41, 5.74) is -0.0273. The molecular weight excluding hydrogens is 417 g/mol. The van der Waals surface area contributed by atoms with Gasteiger partial charge in [-0.2, -0.15) is 0 Å². The van der Waals surface area contributed by atoms with Crippen LogP contribution in [0.1, 0.15) is 48.8 Å². The molecule has 3 rings (SSSR count). The van der Waals surface area contributed by atoms with Crippen LogP contribution in [-0.4, -0.2) is 38.4 Å². The Balaban J connectivity index is 1.58. The zero-order chi connectivity index (χ0) is 22.2. The molecule has 2 N–H and O–H groups in total. The summed E-state index contributed by atoms with van der Waals surface area (Å²) >= 11 is 1.30. The minimum absolute atomic E-state index is 0.0219. The SMILES string of the molecule is C=CCn1c(CNC(=O)c2ccccc2F)nnc1SCC(=O)N[C@@H]1CCCC[C@@H]1C. The first kappa shape index (κ1) is 23.0. The number of thioether (sulfide) groups is 1. The maximum atomic E-state index is 13.8. The number of carbonyl (C=O) groups excluding carboxylic acids is 2. The molecule has 1 aromatic heterocycles. The van der Waals surface area contributed by atoms with E-state index in [1.807, 2.05) is 0 Å². The molecule has 2 atom stereocenters. The molecule has 0 saturated heterocycles. The Morgan fingerprint density at radius 2 is 2.06 bits per heavy atom. The van der Waals surface area contributed by atoms with Crippen LogP contribution in [0.4, 0.5) is 4.39 Å². The number of rotatable bonds is 9. The van der Waals surface area contributed by atoms with Crippen LogP contribution < -0.4 is 10.6 Å². The summed E-state index contributed by atoms with van der Waals surface area (Å²) in [7, 11) is 0. The average Bonchev–Trinajstić information content (AvgIpc) is 3.14. The molecule has 1 saturated carbocycles. The average molecular weight is 446 g/mol. The third kappa shape index (κ3) is 6.16. The van der Waals surface area contributed by atoms with Crippen molar-refractivity contribution in [2.75, 3.05) is 5.75 Å². The molecule has 1 aromatic carbocycles. The third-order valence-corrected chi connectivity index (χ3v) is 6.39. The Labute approximate surface area is 185 Å². The summed E-state index contributed by atoms with van der Waals surface area (Å²) in [6, 6.07) is 6.03. The van der Waals surface area contributed by atoms with Crippen LogP contribution in [0.5, 0.6) is 0 Å². The predicted molar refractivity (Wildman–Crippen MR) is 118 cm³/mol. The molecule has 0 aliphatic heterocycles. The lowest BCUT2D eigenvalue weighted by Crippen LogP contribution is -2.41. The van der Waals surface area contributed by atoms with Gasteiger partial charge in [-0.15, -0.1) is 16.8 Å². The van der Waals surface area contributed by atoms with Crippen LogP contribution in [0.3, 0.4) is 0 Å². The Bertz CT molecular complexity index is 932. The standard InChI is InChI=1S/C22H28FN5O2S/c1-3-12-28-19(13-24-21(30)16-9-5-6-10-17(16)23)26-27-22(28)31-14-20(29)25-18-11-7-4-8-15(18)2/h3,5-6,9-10,15,18H,1,4,7-8,11-14H2,2H3,(H,24,30)(H,25,29)/t15-,18+/m0/s1. The molecule has 0 bridgehead atoms. The van der Waals surface area contributed by atoms with Gasteiger partial charge in [0.15, 0.2) is 11.0 Å². The third-order valence-electron chi connectivity index (χ3n) is 5.42. The highest BCUT2D eigenvalue weighted by Crippen LogP contribution is 2.24. The highest BCUT2D eigenvalue weighted by Gasteiger charge is 2.23. The van der Waals surface area contributed by atoms with Gasteiger partial charge in [0.1, 0.15) is 5.82 Å². The van der Waals surface area contributed by atoms with Crippen molar-refractivity contribution in [2.45, 2.75) is 56.9 Å². The van der Waals surface area contributed by atoms with Gasteiger partial charge >= 0.3 is 0 Å². The molecular formula is C22H28FN5O2S. The molecule has 2 amide bonds. The highest BCUT2D eigenvalue weighted by atomic mass is 32.2. The van der Waals surface area contributed by atoms with Gasteiger partial charge in [-0.3, -0.25) is 9.59 Å². The zero-order valence-corrected chi connectivity index (χ0v) is 18.5. The molecule has 1 heterocycles. The Morgan fingerprint density at radius 1 is 1.29 bits per heavy atom. The number of benzene rings is 1. The fraction of sp³-hybridized carbons (Fsp3) is 0.455. The lowest BCUT2D eigenvalue weighted by atomic mass is 9.86. The zero-order valence-electron chi connectivity index (χ0n) is 17.6. The van der Waals surface area contributed by atoms with E-state index in [1.54, 1.807) is 16.7 Å². The summed E-state index contributed by atoms with van der Waals surface area (Å²) in [6.07, 6.45) is 6.24. The second-order valence-corrected chi connectivity index (χ2v) is 8.63. The van der Waals surface area contributed by atoms with E-state index in [-0.39, 0.29) is 29.8 Å². The Morgan fingerprint density at radius 3 is 2.81 bits per heavy atom. The van der Waals surface area contributed by atoms with Gasteiger partial charge in [-0.05, 0) is 30.9 Å². The Hall–Kier alpha value is -2.68. The number of halogens is 1. The Kier molecular flexibility index (Phi) is 8.22. The lowest BCUT2D eigenvalue weighted by Gasteiger charge is -2.29. The van der Waals surface area contributed by atoms with Crippen molar-refractivity contribution in [1.29, 1.82) is 0 Å². The van der Waals surface area contributed by atoms with E-state index in [0.717, 1.165) is 19.3 Å². The molecule has 0 radical (unpaired) electrons. The fourth-order valence-electron chi connectivity index (χ4n) is 3.68. The molecule has 1 aliphatic carbocycles. The molecule has 9 heteroatoms. The van der Waals surface area contributed by atoms with Crippen molar-refractivity contribution in [2.24, 2.45) is 5.92 Å². The number of hydrogen-bond acceptors (Lipinski definition) is 5. The molecule has 1 fully saturated rings. The topological polar surface area (TPSA) is 88.9 Å². The summed E-state index contributed by atoms with van der Waals surface area (Å²) in [5.74, 6) is 0.111. The summed E-state index contributed by atoms with van der Waals surface area (Å²) < 4.78 is 15.6. The number of carbonyl (C=O) groups is 2. The van der Waals surface area contributed by atoms with E-state index in [9.17, 15) is 14.0 Å². The van der Waals surface area contributed by atoms with Gasteiger partial charge in [-0.1, -0.05) is 49.7 Å². The number of allylic oxidation sites excluding steroid dienone is 1. The van der Waals surface area contributed by atoms with E-state index in [1.165, 1.54) is 36.4 Å². The van der Waals surface area contributed by atoms with E-state index in [4.69, 9.17) is 0 Å². The molecule has 7 nitrogen and oxygen atoms in total. The minimum atomic E-state index is -0.581. The van der Waals surface area contributed by atoms with E-state index >= 15 is 0 Å². The lowest BCUT2D eigenvalue weighted by molar-refractivity contribution is -0.119. The predicted octanol–water partition coefficient (Wildman–Crippen LogP) is 3.32. The smallest absolute Gasteiger partial charge is 0.254 e. The summed E-state index contributed by atoms with van der Waals surface area (Å²) in [4.78, 5) is 24.7. The van der Waals surface area contributed by atoms with Gasteiger partial charge in [0.25, 0.3) is 5.91 Å². The van der Waals surface area contributed by atoms with Crippen LogP contribution in [0, 0.1) is 11.7 Å². The van der Waals surface area contributed by atoms with Crippen molar-refractivity contribution < 1.29 is 14.0 Å². The molecule has 1 aliphatic rings. The molecule has 0 unspecified atom stereocenters. The van der Waals surface area contributed by atoms with Crippen LogP contribution in [0.2, 0.25) is 0 Å². The number of amides is 2. The first-order valence-electron chi connectivity index (χ1n) is 10.5. The minimum Gasteiger partial charge on any atom is -0.352 e. The monoisotopic (exact) mass is 445 g/mol. The van der Waals surface area contributed by atoms with Crippen LogP contribution >= 0.6 is 11.8 Å². The van der Waals surface area contributed by atoms with Gasteiger partial charge in [0.05, 0.1) is 17.9 Å². The van der Waals surface area contributed by atoms with E-state index in [2.05, 4.69) is 34.3 Å². The molecule has 166 valence electrons. The van der Waals surface area contributed by atoms with Gasteiger partial charge < -0.3 is 15.2 Å². The molecule has 31 heavy (non-hydrogen) atoms. The van der Waals surface area contributed by atoms with Crippen LogP contribution in [0.15, 0.2) is 42.1 Å². The number of aromatic nitrogens is 3. The van der Waals surface area contributed by atoms with Crippen molar-refractivity contribution in [3.05, 3.63) is 54.1 Å². The van der Waals surface area contributed by atoms with Crippen LogP contribution in [0.25, 0.3) is 0 Å². The largest absolute Gasteiger partial charge is 0.352 e. The van der Waals surface area contributed by atoms with E-state index in [0.29, 0.717) is 23.4 Å². The van der Waals surface area contributed by atoms with Crippen molar-refractivity contribution in [1.82, 2.24) is 25.4 Å². The maximum Gasteiger partial charge on any atom is 0.254 e. The van der Waals surface area contributed by atoms with Gasteiger partial charge in [-0.25, -0.2) is 4.39 Å². The number of nitrogens with one attached hydrogen (secondary N) is 2.